The number of anilines is 1. The van der Waals surface area contributed by atoms with Gasteiger partial charge in [0.2, 0.25) is 0 Å². The number of benzene rings is 1. The summed E-state index contributed by atoms with van der Waals surface area (Å²) in [6.45, 7) is 7.55. The van der Waals surface area contributed by atoms with Crippen molar-refractivity contribution in [2.45, 2.75) is 26.8 Å². The van der Waals surface area contributed by atoms with Crippen molar-refractivity contribution in [3.8, 4) is 0 Å². The normalized spacial score (nSPS) is 11.7. The number of ether oxygens (including phenoxy) is 1. The summed E-state index contributed by atoms with van der Waals surface area (Å²) in [6, 6.07) is 8.48. The molecule has 0 saturated heterocycles. The third-order valence-electron chi connectivity index (χ3n) is 3.32. The summed E-state index contributed by atoms with van der Waals surface area (Å²) >= 11 is 0. The number of hydrogen-bond acceptors (Lipinski definition) is 3. The Hall–Kier alpha value is -1.75. The van der Waals surface area contributed by atoms with E-state index < -0.39 is 0 Å². The van der Waals surface area contributed by atoms with E-state index in [-0.39, 0.29) is 0 Å². The van der Waals surface area contributed by atoms with E-state index in [0.29, 0.717) is 5.92 Å². The molecule has 0 spiro atoms. The number of nitrogens with one attached hydrogen (secondary N) is 2. The highest BCUT2D eigenvalue weighted by molar-refractivity contribution is 5.79. The van der Waals surface area contributed by atoms with Gasteiger partial charge in [0.1, 0.15) is 0 Å². The molecule has 0 heterocycles. The smallest absolute Gasteiger partial charge is 0.191 e. The Balaban J connectivity index is 2.27. The van der Waals surface area contributed by atoms with Gasteiger partial charge in [-0.25, -0.2) is 0 Å². The van der Waals surface area contributed by atoms with Crippen molar-refractivity contribution in [3.63, 3.8) is 0 Å². The van der Waals surface area contributed by atoms with Crippen molar-refractivity contribution >= 4 is 11.6 Å². The van der Waals surface area contributed by atoms with Gasteiger partial charge in [0.25, 0.3) is 0 Å². The lowest BCUT2D eigenvalue weighted by atomic mass is 10.2. The van der Waals surface area contributed by atoms with Crippen molar-refractivity contribution in [1.82, 2.24) is 10.6 Å². The molecule has 0 aliphatic carbocycles. The third kappa shape index (κ3) is 8.45. The highest BCUT2D eigenvalue weighted by atomic mass is 16.5. The van der Waals surface area contributed by atoms with Gasteiger partial charge in [0.05, 0.1) is 0 Å². The maximum Gasteiger partial charge on any atom is 0.191 e. The highest BCUT2D eigenvalue weighted by Crippen LogP contribution is 2.12. The van der Waals surface area contributed by atoms with E-state index >= 15 is 0 Å². The van der Waals surface area contributed by atoms with Crippen molar-refractivity contribution in [2.75, 3.05) is 45.8 Å². The molecular formula is C18H32N4O. The first-order chi connectivity index (χ1) is 11.0. The molecule has 5 nitrogen and oxygen atoms in total. The van der Waals surface area contributed by atoms with Crippen LogP contribution in [0.4, 0.5) is 5.69 Å². The molecule has 2 N–H and O–H groups in total. The Morgan fingerprint density at radius 2 is 2.04 bits per heavy atom. The molecule has 0 amide bonds. The minimum atomic E-state index is 0.593. The monoisotopic (exact) mass is 320 g/mol. The molecule has 23 heavy (non-hydrogen) atoms. The largest absolute Gasteiger partial charge is 0.381 e. The van der Waals surface area contributed by atoms with Crippen LogP contribution in [0.15, 0.2) is 29.3 Å². The van der Waals surface area contributed by atoms with E-state index in [1.165, 1.54) is 11.3 Å². The minimum absolute atomic E-state index is 0.593. The molecule has 1 aromatic rings. The van der Waals surface area contributed by atoms with Crippen LogP contribution < -0.4 is 15.5 Å². The summed E-state index contributed by atoms with van der Waals surface area (Å²) in [5.74, 6) is 1.42. The summed E-state index contributed by atoms with van der Waals surface area (Å²) in [5, 5.41) is 6.65. The van der Waals surface area contributed by atoms with Gasteiger partial charge in [0.15, 0.2) is 5.96 Å². The maximum absolute atomic E-state index is 5.57. The highest BCUT2D eigenvalue weighted by Gasteiger charge is 2.01. The average molecular weight is 320 g/mol. The third-order valence-corrected chi connectivity index (χ3v) is 3.32. The van der Waals surface area contributed by atoms with E-state index in [1.54, 1.807) is 7.05 Å². The van der Waals surface area contributed by atoms with Crippen molar-refractivity contribution in [1.29, 1.82) is 0 Å². The molecular weight excluding hydrogens is 288 g/mol. The van der Waals surface area contributed by atoms with Crippen molar-refractivity contribution in [2.24, 2.45) is 10.9 Å². The van der Waals surface area contributed by atoms with E-state index in [4.69, 9.17) is 4.74 Å². The molecule has 5 heteroatoms. The Kier molecular flexibility index (Phi) is 9.14. The topological polar surface area (TPSA) is 48.9 Å². The van der Waals surface area contributed by atoms with Crippen LogP contribution >= 0.6 is 0 Å². The van der Waals surface area contributed by atoms with Crippen molar-refractivity contribution < 1.29 is 4.74 Å². The first kappa shape index (κ1) is 19.3. The fourth-order valence-corrected chi connectivity index (χ4v) is 2.05. The van der Waals surface area contributed by atoms with Gasteiger partial charge in [-0.1, -0.05) is 26.0 Å². The summed E-state index contributed by atoms with van der Waals surface area (Å²) < 4.78 is 5.57. The number of guanidine groups is 1. The zero-order valence-corrected chi connectivity index (χ0v) is 15.2. The second kappa shape index (κ2) is 10.9. The summed E-state index contributed by atoms with van der Waals surface area (Å²) in [5.41, 5.74) is 2.44. The quantitative estimate of drug-likeness (QED) is 0.417. The van der Waals surface area contributed by atoms with Crippen LogP contribution in [-0.4, -0.2) is 46.9 Å². The number of nitrogens with zero attached hydrogens (tertiary/aromatic N) is 2. The minimum Gasteiger partial charge on any atom is -0.381 e. The molecule has 0 radical (unpaired) electrons. The molecule has 0 atom stereocenters. The van der Waals surface area contributed by atoms with Crippen LogP contribution in [0.25, 0.3) is 0 Å². The van der Waals surface area contributed by atoms with E-state index in [1.807, 2.05) is 14.1 Å². The van der Waals surface area contributed by atoms with Crippen molar-refractivity contribution in [3.05, 3.63) is 29.8 Å². The lowest BCUT2D eigenvalue weighted by Crippen LogP contribution is -2.37. The van der Waals surface area contributed by atoms with E-state index in [2.05, 4.69) is 58.6 Å². The van der Waals surface area contributed by atoms with Gasteiger partial charge in [0, 0.05) is 53.1 Å². The average Bonchev–Trinajstić information content (AvgIpc) is 2.53. The Morgan fingerprint density at radius 1 is 1.26 bits per heavy atom. The summed E-state index contributed by atoms with van der Waals surface area (Å²) in [7, 11) is 5.89. The van der Waals surface area contributed by atoms with E-state index in [9.17, 15) is 0 Å². The maximum atomic E-state index is 5.57. The van der Waals surface area contributed by atoms with Crippen LogP contribution in [0.1, 0.15) is 25.8 Å². The van der Waals surface area contributed by atoms with Gasteiger partial charge in [-0.3, -0.25) is 4.99 Å². The fourth-order valence-electron chi connectivity index (χ4n) is 2.05. The predicted molar refractivity (Wildman–Crippen MR) is 99.2 cm³/mol. The SMILES string of the molecule is CN=C(NCCCOCC(C)C)NCc1cccc(N(C)C)c1. The lowest BCUT2D eigenvalue weighted by Gasteiger charge is -2.15. The molecule has 0 aromatic heterocycles. The molecule has 0 aliphatic heterocycles. The molecule has 130 valence electrons. The Bertz CT molecular complexity index is 472. The van der Waals surface area contributed by atoms with Gasteiger partial charge >= 0.3 is 0 Å². The molecule has 1 aromatic carbocycles. The molecule has 0 saturated carbocycles. The van der Waals surface area contributed by atoms with Crippen LogP contribution in [0, 0.1) is 5.92 Å². The number of rotatable bonds is 9. The van der Waals surface area contributed by atoms with E-state index in [0.717, 1.165) is 38.7 Å². The summed E-state index contributed by atoms with van der Waals surface area (Å²) in [4.78, 5) is 6.35. The lowest BCUT2D eigenvalue weighted by molar-refractivity contribution is 0.108. The first-order valence-electron chi connectivity index (χ1n) is 8.31. The van der Waals surface area contributed by atoms with Crippen LogP contribution in [0.3, 0.4) is 0 Å². The Labute approximate surface area is 141 Å². The predicted octanol–water partition coefficient (Wildman–Crippen LogP) is 2.48. The zero-order valence-electron chi connectivity index (χ0n) is 15.2. The van der Waals surface area contributed by atoms with Crippen LogP contribution in [0.2, 0.25) is 0 Å². The van der Waals surface area contributed by atoms with Crippen LogP contribution in [0.5, 0.6) is 0 Å². The molecule has 0 unspecified atom stereocenters. The standard InChI is InChI=1S/C18H32N4O/c1-15(2)14-23-11-7-10-20-18(19-3)21-13-16-8-6-9-17(12-16)22(4)5/h6,8-9,12,15H,7,10-11,13-14H2,1-5H3,(H2,19,20,21). The molecule has 0 fully saturated rings. The Morgan fingerprint density at radius 3 is 2.70 bits per heavy atom. The molecule has 1 rings (SSSR count). The fraction of sp³-hybridized carbons (Fsp3) is 0.611. The van der Waals surface area contributed by atoms with Gasteiger partial charge in [-0.15, -0.1) is 0 Å². The zero-order chi connectivity index (χ0) is 17.1. The van der Waals surface area contributed by atoms with Gasteiger partial charge < -0.3 is 20.3 Å². The number of aliphatic imine (C=N–C) groups is 1. The second-order valence-electron chi connectivity index (χ2n) is 6.24. The second-order valence-corrected chi connectivity index (χ2v) is 6.24. The van der Waals surface area contributed by atoms with Crippen LogP contribution in [-0.2, 0) is 11.3 Å². The van der Waals surface area contributed by atoms with Gasteiger partial charge in [-0.05, 0) is 30.0 Å². The number of hydrogen-bond donors (Lipinski definition) is 2. The molecule has 0 aliphatic rings. The first-order valence-corrected chi connectivity index (χ1v) is 8.31. The summed E-state index contributed by atoms with van der Waals surface area (Å²) in [6.07, 6.45) is 0.976. The van der Waals surface area contributed by atoms with Gasteiger partial charge in [-0.2, -0.15) is 0 Å². The molecule has 0 bridgehead atoms.